The number of aryl methyl sites for hydroxylation is 2. The van der Waals surface area contributed by atoms with Gasteiger partial charge in [0.25, 0.3) is 0 Å². The molecule has 5 heteroatoms. The summed E-state index contributed by atoms with van der Waals surface area (Å²) in [6, 6.07) is 6.09. The molecule has 1 rings (SSSR count). The number of aliphatic carboxylic acids is 1. The molecular formula is C16H26N2O3. The molecule has 118 valence electrons. The van der Waals surface area contributed by atoms with Crippen molar-refractivity contribution in [1.82, 2.24) is 9.80 Å². The number of nitrogens with zero attached hydrogens (tertiary/aromatic N) is 2. The zero-order valence-corrected chi connectivity index (χ0v) is 13.4. The molecule has 0 aliphatic rings. The fourth-order valence-corrected chi connectivity index (χ4v) is 2.11. The summed E-state index contributed by atoms with van der Waals surface area (Å²) >= 11 is 0. The van der Waals surface area contributed by atoms with E-state index in [0.29, 0.717) is 13.2 Å². The van der Waals surface area contributed by atoms with E-state index in [4.69, 9.17) is 9.84 Å². The first kappa shape index (κ1) is 17.5. The van der Waals surface area contributed by atoms with Crippen LogP contribution in [0.25, 0.3) is 0 Å². The van der Waals surface area contributed by atoms with Crippen molar-refractivity contribution in [3.63, 3.8) is 0 Å². The second-order valence-corrected chi connectivity index (χ2v) is 5.65. The third kappa shape index (κ3) is 7.68. The number of carbonyl (C=O) groups is 1. The van der Waals surface area contributed by atoms with Crippen molar-refractivity contribution in [2.75, 3.05) is 46.9 Å². The molecule has 1 aromatic carbocycles. The lowest BCUT2D eigenvalue weighted by atomic mass is 10.1. The molecule has 0 unspecified atom stereocenters. The van der Waals surface area contributed by atoms with Crippen LogP contribution in [-0.2, 0) is 4.79 Å². The van der Waals surface area contributed by atoms with Gasteiger partial charge in [-0.1, -0.05) is 6.07 Å². The van der Waals surface area contributed by atoms with E-state index in [1.54, 1.807) is 0 Å². The van der Waals surface area contributed by atoms with E-state index in [1.165, 1.54) is 11.1 Å². The molecule has 0 heterocycles. The summed E-state index contributed by atoms with van der Waals surface area (Å²) in [5.74, 6) is 0.0375. The molecule has 1 aromatic rings. The Morgan fingerprint density at radius 2 is 1.71 bits per heavy atom. The van der Waals surface area contributed by atoms with Crippen molar-refractivity contribution in [2.45, 2.75) is 13.8 Å². The lowest BCUT2D eigenvalue weighted by molar-refractivity contribution is -0.138. The van der Waals surface area contributed by atoms with Crippen LogP contribution >= 0.6 is 0 Å². The summed E-state index contributed by atoms with van der Waals surface area (Å²) in [6.45, 7) is 6.76. The topological polar surface area (TPSA) is 53.0 Å². The van der Waals surface area contributed by atoms with Gasteiger partial charge in [0, 0.05) is 19.6 Å². The number of likely N-dealkylation sites (N-methyl/N-ethyl adjacent to an activating group) is 1. The van der Waals surface area contributed by atoms with Crippen LogP contribution in [0.5, 0.6) is 5.75 Å². The van der Waals surface area contributed by atoms with E-state index >= 15 is 0 Å². The maximum Gasteiger partial charge on any atom is 0.317 e. The van der Waals surface area contributed by atoms with Gasteiger partial charge in [-0.15, -0.1) is 0 Å². The van der Waals surface area contributed by atoms with Crippen molar-refractivity contribution in [1.29, 1.82) is 0 Å². The minimum absolute atomic E-state index is 0.0457. The van der Waals surface area contributed by atoms with Crippen molar-refractivity contribution in [2.24, 2.45) is 0 Å². The first-order valence-electron chi connectivity index (χ1n) is 7.17. The van der Waals surface area contributed by atoms with E-state index < -0.39 is 5.97 Å². The predicted molar refractivity (Wildman–Crippen MR) is 84.0 cm³/mol. The monoisotopic (exact) mass is 294 g/mol. The normalized spacial score (nSPS) is 11.1. The van der Waals surface area contributed by atoms with Gasteiger partial charge < -0.3 is 14.7 Å². The van der Waals surface area contributed by atoms with E-state index in [2.05, 4.69) is 6.07 Å². The smallest absolute Gasteiger partial charge is 0.317 e. The number of rotatable bonds is 9. The maximum absolute atomic E-state index is 10.9. The highest BCUT2D eigenvalue weighted by atomic mass is 16.5. The van der Waals surface area contributed by atoms with Crippen molar-refractivity contribution >= 4 is 5.97 Å². The lowest BCUT2D eigenvalue weighted by Gasteiger charge is -2.22. The Morgan fingerprint density at radius 3 is 2.24 bits per heavy atom. The summed E-state index contributed by atoms with van der Waals surface area (Å²) in [4.78, 5) is 14.8. The van der Waals surface area contributed by atoms with Crippen LogP contribution in [0.4, 0.5) is 0 Å². The van der Waals surface area contributed by atoms with Gasteiger partial charge in [0.05, 0.1) is 6.54 Å². The van der Waals surface area contributed by atoms with Crippen molar-refractivity contribution in [3.8, 4) is 5.75 Å². The Labute approximate surface area is 127 Å². The van der Waals surface area contributed by atoms with Gasteiger partial charge in [0.2, 0.25) is 0 Å². The largest absolute Gasteiger partial charge is 0.492 e. The number of hydrogen-bond acceptors (Lipinski definition) is 4. The minimum atomic E-state index is -0.805. The van der Waals surface area contributed by atoms with Crippen LogP contribution in [0.1, 0.15) is 11.1 Å². The summed E-state index contributed by atoms with van der Waals surface area (Å²) in [7, 11) is 3.95. The molecule has 0 amide bonds. The van der Waals surface area contributed by atoms with E-state index in [-0.39, 0.29) is 6.54 Å². The third-order valence-corrected chi connectivity index (χ3v) is 3.09. The van der Waals surface area contributed by atoms with Gasteiger partial charge in [0.15, 0.2) is 0 Å². The summed E-state index contributed by atoms with van der Waals surface area (Å²) in [6.07, 6.45) is 0. The van der Waals surface area contributed by atoms with Gasteiger partial charge in [-0.05, 0) is 51.2 Å². The quantitative estimate of drug-likeness (QED) is 0.750. The lowest BCUT2D eigenvalue weighted by Crippen LogP contribution is -2.38. The van der Waals surface area contributed by atoms with Crippen LogP contribution in [0, 0.1) is 13.8 Å². The second-order valence-electron chi connectivity index (χ2n) is 5.65. The number of benzene rings is 1. The maximum atomic E-state index is 10.9. The van der Waals surface area contributed by atoms with E-state index in [9.17, 15) is 4.79 Å². The first-order valence-corrected chi connectivity index (χ1v) is 7.17. The Balaban J connectivity index is 2.46. The Hall–Kier alpha value is -1.59. The van der Waals surface area contributed by atoms with Gasteiger partial charge in [-0.25, -0.2) is 0 Å². The molecule has 0 aliphatic carbocycles. The fourth-order valence-electron chi connectivity index (χ4n) is 2.11. The average Bonchev–Trinajstić information content (AvgIpc) is 2.33. The van der Waals surface area contributed by atoms with E-state index in [0.717, 1.165) is 18.8 Å². The first-order chi connectivity index (χ1) is 9.86. The summed E-state index contributed by atoms with van der Waals surface area (Å²) in [5, 5.41) is 8.94. The van der Waals surface area contributed by atoms with Crippen molar-refractivity contribution < 1.29 is 14.6 Å². The molecule has 0 aromatic heterocycles. The van der Waals surface area contributed by atoms with E-state index in [1.807, 2.05) is 49.9 Å². The molecule has 0 atom stereocenters. The molecule has 0 aliphatic heterocycles. The SMILES string of the molecule is Cc1cc(C)cc(OCCN(CCN(C)C)CC(=O)O)c1. The Bertz CT molecular complexity index is 441. The highest BCUT2D eigenvalue weighted by Gasteiger charge is 2.10. The molecule has 21 heavy (non-hydrogen) atoms. The molecule has 0 saturated heterocycles. The van der Waals surface area contributed by atoms with Gasteiger partial charge in [0.1, 0.15) is 12.4 Å². The van der Waals surface area contributed by atoms with Crippen LogP contribution in [0.3, 0.4) is 0 Å². The van der Waals surface area contributed by atoms with Gasteiger partial charge >= 0.3 is 5.97 Å². The minimum Gasteiger partial charge on any atom is -0.492 e. The zero-order valence-electron chi connectivity index (χ0n) is 13.4. The van der Waals surface area contributed by atoms with Gasteiger partial charge in [-0.2, -0.15) is 0 Å². The number of hydrogen-bond donors (Lipinski definition) is 1. The highest BCUT2D eigenvalue weighted by molar-refractivity contribution is 5.69. The standard InChI is InChI=1S/C16H26N2O3/c1-13-9-14(2)11-15(10-13)21-8-7-18(12-16(19)20)6-5-17(3)4/h9-11H,5-8,12H2,1-4H3,(H,19,20). The molecule has 0 radical (unpaired) electrons. The summed E-state index contributed by atoms with van der Waals surface area (Å²) in [5.41, 5.74) is 2.33. The molecule has 0 fully saturated rings. The molecule has 5 nitrogen and oxygen atoms in total. The van der Waals surface area contributed by atoms with Crippen LogP contribution in [0.2, 0.25) is 0 Å². The number of carboxylic acids is 1. The average molecular weight is 294 g/mol. The van der Waals surface area contributed by atoms with Crippen LogP contribution in [-0.4, -0.2) is 67.8 Å². The Morgan fingerprint density at radius 1 is 1.10 bits per heavy atom. The van der Waals surface area contributed by atoms with Gasteiger partial charge in [-0.3, -0.25) is 9.69 Å². The predicted octanol–water partition coefficient (Wildman–Crippen LogP) is 1.63. The van der Waals surface area contributed by atoms with Crippen molar-refractivity contribution in [3.05, 3.63) is 29.3 Å². The fraction of sp³-hybridized carbons (Fsp3) is 0.562. The number of ether oxygens (including phenoxy) is 1. The zero-order chi connectivity index (χ0) is 15.8. The Kier molecular flexibility index (Phi) is 7.19. The molecule has 0 saturated carbocycles. The molecular weight excluding hydrogens is 268 g/mol. The number of carboxylic acid groups (broad SMARTS) is 1. The molecule has 1 N–H and O–H groups in total. The third-order valence-electron chi connectivity index (χ3n) is 3.09. The second kappa shape index (κ2) is 8.64. The highest BCUT2D eigenvalue weighted by Crippen LogP contribution is 2.16. The van der Waals surface area contributed by atoms with Crippen LogP contribution in [0.15, 0.2) is 18.2 Å². The van der Waals surface area contributed by atoms with Crippen LogP contribution < -0.4 is 4.74 Å². The molecule has 0 bridgehead atoms. The summed E-state index contributed by atoms with van der Waals surface area (Å²) < 4.78 is 5.74. The molecule has 0 spiro atoms.